The van der Waals surface area contributed by atoms with Crippen molar-refractivity contribution in [1.82, 2.24) is 5.32 Å². The second-order valence-corrected chi connectivity index (χ2v) is 4.14. The Morgan fingerprint density at radius 2 is 2.27 bits per heavy atom. The molecule has 1 heterocycles. The Hall–Kier alpha value is -0.730. The minimum absolute atomic E-state index is 0.0464. The summed E-state index contributed by atoms with van der Waals surface area (Å²) in [5.74, 6) is 0. The van der Waals surface area contributed by atoms with Gasteiger partial charge in [-0.2, -0.15) is 0 Å². The van der Waals surface area contributed by atoms with Crippen LogP contribution < -0.4 is 5.32 Å². The molecule has 1 atom stereocenters. The minimum Gasteiger partial charge on any atom is -0.372 e. The van der Waals surface area contributed by atoms with Crippen LogP contribution in [-0.2, 0) is 4.74 Å². The van der Waals surface area contributed by atoms with Crippen LogP contribution in [0.5, 0.6) is 0 Å². The lowest BCUT2D eigenvalue weighted by molar-refractivity contribution is 0.0100. The SMILES string of the molecule is [B]C1([B])COC(c2cccc(C)c2)CN1. The molecule has 1 aliphatic rings. The van der Waals surface area contributed by atoms with Crippen molar-refractivity contribution in [3.05, 3.63) is 35.4 Å². The number of hydrogen-bond donors (Lipinski definition) is 1. The summed E-state index contributed by atoms with van der Waals surface area (Å²) in [6.07, 6.45) is 0.0464. The largest absolute Gasteiger partial charge is 0.372 e. The van der Waals surface area contributed by atoms with Crippen molar-refractivity contribution in [2.45, 2.75) is 18.4 Å². The van der Waals surface area contributed by atoms with Crippen molar-refractivity contribution in [2.75, 3.05) is 13.2 Å². The Morgan fingerprint density at radius 3 is 2.87 bits per heavy atom. The van der Waals surface area contributed by atoms with E-state index < -0.39 is 5.34 Å². The van der Waals surface area contributed by atoms with Crippen molar-refractivity contribution in [3.63, 3.8) is 0 Å². The first kappa shape index (κ1) is 10.8. The van der Waals surface area contributed by atoms with Crippen LogP contribution in [0.25, 0.3) is 0 Å². The summed E-state index contributed by atoms with van der Waals surface area (Å²) >= 11 is 0. The summed E-state index contributed by atoms with van der Waals surface area (Å²) < 4.78 is 5.62. The lowest BCUT2D eigenvalue weighted by atomic mass is 9.62. The van der Waals surface area contributed by atoms with Crippen LogP contribution in [-0.4, -0.2) is 34.2 Å². The van der Waals surface area contributed by atoms with Crippen molar-refractivity contribution in [2.24, 2.45) is 0 Å². The van der Waals surface area contributed by atoms with E-state index in [0.29, 0.717) is 13.2 Å². The smallest absolute Gasteiger partial charge is 0.0949 e. The molecule has 1 saturated heterocycles. The summed E-state index contributed by atoms with van der Waals surface area (Å²) in [7, 11) is 11.4. The number of ether oxygens (including phenoxy) is 1. The molecule has 1 unspecified atom stereocenters. The Bertz CT molecular complexity index is 344. The number of nitrogens with one attached hydrogen (secondary N) is 1. The topological polar surface area (TPSA) is 21.3 Å². The molecule has 15 heavy (non-hydrogen) atoms. The highest BCUT2D eigenvalue weighted by atomic mass is 16.5. The number of morpholine rings is 1. The van der Waals surface area contributed by atoms with Gasteiger partial charge in [-0.1, -0.05) is 29.8 Å². The summed E-state index contributed by atoms with van der Waals surface area (Å²) in [6.45, 7) is 3.04. The highest BCUT2D eigenvalue weighted by Crippen LogP contribution is 2.22. The first-order chi connectivity index (χ1) is 7.07. The average molecular weight is 197 g/mol. The molecule has 74 valence electrons. The molecule has 0 amide bonds. The van der Waals surface area contributed by atoms with Crippen molar-refractivity contribution >= 4 is 15.7 Å². The quantitative estimate of drug-likeness (QED) is 0.667. The molecule has 4 heteroatoms. The van der Waals surface area contributed by atoms with Gasteiger partial charge in [0, 0.05) is 13.2 Å². The van der Waals surface area contributed by atoms with E-state index >= 15 is 0 Å². The summed E-state index contributed by atoms with van der Waals surface area (Å²) in [6, 6.07) is 8.27. The lowest BCUT2D eigenvalue weighted by Gasteiger charge is -2.37. The maximum absolute atomic E-state index is 5.69. The summed E-state index contributed by atoms with van der Waals surface area (Å²) in [5.41, 5.74) is 2.39. The Morgan fingerprint density at radius 1 is 1.47 bits per heavy atom. The van der Waals surface area contributed by atoms with E-state index in [-0.39, 0.29) is 6.10 Å². The molecule has 0 bridgehead atoms. The fourth-order valence-corrected chi connectivity index (χ4v) is 1.72. The molecular weight excluding hydrogens is 184 g/mol. The third-order valence-electron chi connectivity index (χ3n) is 2.55. The second kappa shape index (κ2) is 4.03. The third kappa shape index (κ3) is 2.64. The van der Waals surface area contributed by atoms with E-state index in [1.54, 1.807) is 0 Å². The molecule has 0 spiro atoms. The average Bonchev–Trinajstić information content (AvgIpc) is 2.17. The van der Waals surface area contributed by atoms with Gasteiger partial charge in [-0.15, -0.1) is 0 Å². The maximum Gasteiger partial charge on any atom is 0.0949 e. The van der Waals surface area contributed by atoms with Crippen molar-refractivity contribution < 1.29 is 4.74 Å². The molecule has 1 N–H and O–H groups in total. The van der Waals surface area contributed by atoms with Crippen LogP contribution in [0.1, 0.15) is 17.2 Å². The minimum atomic E-state index is -0.889. The van der Waals surface area contributed by atoms with E-state index in [4.69, 9.17) is 20.4 Å². The van der Waals surface area contributed by atoms with Gasteiger partial charge in [0.2, 0.25) is 0 Å². The van der Waals surface area contributed by atoms with Gasteiger partial charge in [0.15, 0.2) is 0 Å². The standard InChI is InChI=1S/C11H13B2NO/c1-8-3-2-4-9(5-8)10-6-14-11(12,13)7-15-10/h2-5,10,14H,6-7H2,1H3. The Labute approximate surface area is 93.2 Å². The molecule has 0 saturated carbocycles. The van der Waals surface area contributed by atoms with Gasteiger partial charge in [-0.05, 0) is 17.8 Å². The molecule has 2 rings (SSSR count). The van der Waals surface area contributed by atoms with Gasteiger partial charge in [0.25, 0.3) is 0 Å². The van der Waals surface area contributed by atoms with E-state index in [2.05, 4.69) is 30.4 Å². The van der Waals surface area contributed by atoms with Crippen LogP contribution >= 0.6 is 0 Å². The normalized spacial score (nSPS) is 25.0. The lowest BCUT2D eigenvalue weighted by Crippen LogP contribution is -2.56. The number of benzene rings is 1. The number of rotatable bonds is 1. The van der Waals surface area contributed by atoms with Crippen LogP contribution in [0.2, 0.25) is 0 Å². The van der Waals surface area contributed by atoms with Crippen LogP contribution in [0.4, 0.5) is 0 Å². The van der Waals surface area contributed by atoms with E-state index in [9.17, 15) is 0 Å². The zero-order chi connectivity index (χ0) is 10.9. The predicted octanol–water partition coefficient (Wildman–Crippen LogP) is 0.647. The highest BCUT2D eigenvalue weighted by Gasteiger charge is 2.26. The monoisotopic (exact) mass is 197 g/mol. The second-order valence-electron chi connectivity index (χ2n) is 4.14. The van der Waals surface area contributed by atoms with Gasteiger partial charge < -0.3 is 10.1 Å². The maximum atomic E-state index is 5.69. The fraction of sp³-hybridized carbons (Fsp3) is 0.455. The van der Waals surface area contributed by atoms with Crippen LogP contribution in [0.3, 0.4) is 0 Å². The van der Waals surface area contributed by atoms with Gasteiger partial charge >= 0.3 is 0 Å². The van der Waals surface area contributed by atoms with E-state index in [1.807, 2.05) is 6.07 Å². The first-order valence-electron chi connectivity index (χ1n) is 5.08. The van der Waals surface area contributed by atoms with Crippen molar-refractivity contribution in [3.8, 4) is 0 Å². The Balaban J connectivity index is 2.08. The molecule has 0 aromatic heterocycles. The summed E-state index contributed by atoms with van der Waals surface area (Å²) in [5, 5.41) is 2.17. The van der Waals surface area contributed by atoms with Crippen molar-refractivity contribution in [1.29, 1.82) is 0 Å². The zero-order valence-corrected chi connectivity index (χ0v) is 8.86. The molecule has 2 nitrogen and oxygen atoms in total. The molecule has 1 aromatic rings. The Kier molecular flexibility index (Phi) is 2.89. The zero-order valence-electron chi connectivity index (χ0n) is 8.86. The number of aryl methyl sites for hydroxylation is 1. The molecular formula is C11H13B2NO. The van der Waals surface area contributed by atoms with Gasteiger partial charge in [-0.3, -0.25) is 0 Å². The van der Waals surface area contributed by atoms with Gasteiger partial charge in [0.05, 0.1) is 21.8 Å². The van der Waals surface area contributed by atoms with Gasteiger partial charge in [-0.25, -0.2) is 0 Å². The molecule has 1 aromatic carbocycles. The fourth-order valence-electron chi connectivity index (χ4n) is 1.72. The first-order valence-corrected chi connectivity index (χ1v) is 5.08. The summed E-state index contributed by atoms with van der Waals surface area (Å²) in [4.78, 5) is 0. The molecule has 4 radical (unpaired) electrons. The van der Waals surface area contributed by atoms with E-state index in [1.165, 1.54) is 5.56 Å². The van der Waals surface area contributed by atoms with E-state index in [0.717, 1.165) is 5.56 Å². The predicted molar refractivity (Wildman–Crippen MR) is 62.1 cm³/mol. The van der Waals surface area contributed by atoms with Gasteiger partial charge in [0.1, 0.15) is 0 Å². The van der Waals surface area contributed by atoms with Crippen LogP contribution in [0.15, 0.2) is 24.3 Å². The van der Waals surface area contributed by atoms with Crippen LogP contribution in [0, 0.1) is 6.92 Å². The highest BCUT2D eigenvalue weighted by molar-refractivity contribution is 6.40. The molecule has 1 fully saturated rings. The molecule has 0 aliphatic carbocycles. The third-order valence-corrected chi connectivity index (χ3v) is 2.55. The number of hydrogen-bond acceptors (Lipinski definition) is 2. The molecule has 1 aliphatic heterocycles.